The molecule has 0 aromatic heterocycles. The van der Waals surface area contributed by atoms with E-state index in [9.17, 15) is 0 Å². The summed E-state index contributed by atoms with van der Waals surface area (Å²) < 4.78 is 25.3. The molecular formula is C6H6Na2O5S. The average Bonchev–Trinajstić information content (AvgIpc) is 1.94. The van der Waals surface area contributed by atoms with Gasteiger partial charge in [-0.25, -0.2) is 0 Å². The van der Waals surface area contributed by atoms with Crippen LogP contribution in [0, 0.1) is 0 Å². The van der Waals surface area contributed by atoms with E-state index in [1.165, 1.54) is 24.3 Å². The first-order chi connectivity index (χ1) is 5.52. The van der Waals surface area contributed by atoms with Gasteiger partial charge in [0.05, 0.1) is 0 Å². The molecule has 1 rings (SSSR count). The Morgan fingerprint density at radius 3 is 1.21 bits per heavy atom. The van der Waals surface area contributed by atoms with Crippen LogP contribution in [0.3, 0.4) is 0 Å². The van der Waals surface area contributed by atoms with Crippen molar-refractivity contribution in [3.05, 3.63) is 24.3 Å². The van der Waals surface area contributed by atoms with Crippen LogP contribution >= 0.6 is 0 Å². The molecule has 0 spiro atoms. The van der Waals surface area contributed by atoms with Gasteiger partial charge in [-0.05, 0) is 24.3 Å². The van der Waals surface area contributed by atoms with Crippen LogP contribution in [0.15, 0.2) is 24.3 Å². The Bertz CT molecular complexity index is 228. The van der Waals surface area contributed by atoms with Gasteiger partial charge in [0.25, 0.3) is 0 Å². The van der Waals surface area contributed by atoms with Crippen LogP contribution in [0.1, 0.15) is 0 Å². The van der Waals surface area contributed by atoms with Crippen molar-refractivity contribution < 1.29 is 82.6 Å². The Kier molecular flexibility index (Phi) is 17.4. The molecule has 0 aliphatic heterocycles. The third-order valence-electron chi connectivity index (χ3n) is 0.850. The van der Waals surface area contributed by atoms with Gasteiger partial charge in [-0.15, -0.1) is 11.4 Å². The molecule has 0 aliphatic carbocycles. The van der Waals surface area contributed by atoms with Crippen molar-refractivity contribution in [3.63, 3.8) is 0 Å². The van der Waals surface area contributed by atoms with Gasteiger partial charge in [-0.2, -0.15) is 0 Å². The molecule has 0 saturated heterocycles. The average molecular weight is 236 g/mol. The zero-order valence-electron chi connectivity index (χ0n) is 7.84. The topological polar surface area (TPSA) is 104 Å². The van der Waals surface area contributed by atoms with Crippen molar-refractivity contribution in [2.24, 2.45) is 0 Å². The number of phenolic OH excluding ortho intramolecular Hbond substituents is 2. The van der Waals surface area contributed by atoms with Gasteiger partial charge in [0.2, 0.25) is 0 Å². The fraction of sp³-hybridized carbons (Fsp3) is 0. The summed E-state index contributed by atoms with van der Waals surface area (Å²) in [5, 5.41) is 17.3. The molecule has 0 aliphatic rings. The minimum atomic E-state index is -3.11. The maximum Gasteiger partial charge on any atom is 1.00 e. The second-order valence-corrected chi connectivity index (χ2v) is 2.13. The number of hydrogen-bond donors (Lipinski definition) is 2. The zero-order chi connectivity index (χ0) is 9.56. The smallest absolute Gasteiger partial charge is 0.784 e. The molecule has 14 heavy (non-hydrogen) atoms. The summed E-state index contributed by atoms with van der Waals surface area (Å²) in [6, 6.07) is 5.70. The van der Waals surface area contributed by atoms with Crippen molar-refractivity contribution in [2.45, 2.75) is 0 Å². The van der Waals surface area contributed by atoms with E-state index >= 15 is 0 Å². The molecule has 0 radical (unpaired) electrons. The first-order valence-corrected chi connectivity index (χ1v) is 3.77. The van der Waals surface area contributed by atoms with Crippen LogP contribution in [0.5, 0.6) is 11.5 Å². The molecule has 68 valence electrons. The summed E-state index contributed by atoms with van der Waals surface area (Å²) in [6.07, 6.45) is 0. The van der Waals surface area contributed by atoms with E-state index in [-0.39, 0.29) is 70.6 Å². The first kappa shape index (κ1) is 20.3. The summed E-state index contributed by atoms with van der Waals surface area (Å²) in [7, 11) is 0. The Morgan fingerprint density at radius 2 is 1.07 bits per heavy atom. The van der Waals surface area contributed by atoms with E-state index in [2.05, 4.69) is 0 Å². The molecule has 1 aromatic rings. The maximum atomic E-state index is 8.65. The van der Waals surface area contributed by atoms with Crippen LogP contribution in [0.4, 0.5) is 0 Å². The molecule has 0 heterocycles. The molecule has 2 N–H and O–H groups in total. The molecule has 0 saturated carbocycles. The summed E-state index contributed by atoms with van der Waals surface area (Å²) in [5.74, 6) is 0.339. The predicted octanol–water partition coefficient (Wildman–Crippen LogP) is -5.90. The Balaban J connectivity index is -0.000000180. The molecular weight excluding hydrogens is 230 g/mol. The summed E-state index contributed by atoms with van der Waals surface area (Å²) in [5.41, 5.74) is 0. The monoisotopic (exact) mass is 236 g/mol. The molecule has 0 bridgehead atoms. The molecule has 8 heteroatoms. The van der Waals surface area contributed by atoms with Crippen molar-refractivity contribution >= 4 is 11.4 Å². The van der Waals surface area contributed by atoms with Gasteiger partial charge < -0.3 is 19.3 Å². The number of phenols is 2. The first-order valence-electron chi connectivity index (χ1n) is 2.77. The predicted molar refractivity (Wildman–Crippen MR) is 39.5 cm³/mol. The number of rotatable bonds is 0. The number of hydrogen-bond acceptors (Lipinski definition) is 5. The SMILES string of the molecule is O=S([O-])[O-].Oc1ccc(O)cc1.[Na+].[Na+]. The molecule has 5 nitrogen and oxygen atoms in total. The second-order valence-electron chi connectivity index (χ2n) is 1.72. The van der Waals surface area contributed by atoms with Gasteiger partial charge in [0.1, 0.15) is 11.5 Å². The zero-order valence-corrected chi connectivity index (χ0v) is 12.7. The molecule has 0 amide bonds. The molecule has 1 aromatic carbocycles. The van der Waals surface area contributed by atoms with Crippen LogP contribution in [0.2, 0.25) is 0 Å². The normalized spacial score (nSPS) is 7.64. The van der Waals surface area contributed by atoms with Gasteiger partial charge in [-0.3, -0.25) is 4.21 Å². The Morgan fingerprint density at radius 1 is 0.929 bits per heavy atom. The van der Waals surface area contributed by atoms with Crippen molar-refractivity contribution in [3.8, 4) is 11.5 Å². The minimum Gasteiger partial charge on any atom is -0.784 e. The van der Waals surface area contributed by atoms with Gasteiger partial charge in [-0.1, -0.05) is 0 Å². The fourth-order valence-electron chi connectivity index (χ4n) is 0.453. The summed E-state index contributed by atoms with van der Waals surface area (Å²) in [6.45, 7) is 0. The minimum absolute atomic E-state index is 0. The van der Waals surface area contributed by atoms with Gasteiger partial charge in [0, 0.05) is 0 Å². The Labute approximate surface area is 128 Å². The van der Waals surface area contributed by atoms with Gasteiger partial charge >= 0.3 is 59.1 Å². The van der Waals surface area contributed by atoms with Crippen LogP contribution in [-0.2, 0) is 11.4 Å². The summed E-state index contributed by atoms with van der Waals surface area (Å²) >= 11 is -3.11. The third kappa shape index (κ3) is 15.4. The van der Waals surface area contributed by atoms with Crippen LogP contribution in [-0.4, -0.2) is 23.5 Å². The molecule has 0 unspecified atom stereocenters. The quantitative estimate of drug-likeness (QED) is 0.265. The number of benzene rings is 1. The number of aromatic hydroxyl groups is 2. The van der Waals surface area contributed by atoms with E-state index in [0.29, 0.717) is 0 Å². The Hall–Kier alpha value is 0.890. The molecule has 0 atom stereocenters. The third-order valence-corrected chi connectivity index (χ3v) is 0.850. The largest absolute Gasteiger partial charge is 1.00 e. The summed E-state index contributed by atoms with van der Waals surface area (Å²) in [4.78, 5) is 0. The second kappa shape index (κ2) is 12.0. The fourth-order valence-corrected chi connectivity index (χ4v) is 0.453. The van der Waals surface area contributed by atoms with Crippen LogP contribution < -0.4 is 59.1 Å². The van der Waals surface area contributed by atoms with E-state index < -0.39 is 11.4 Å². The van der Waals surface area contributed by atoms with E-state index in [1.54, 1.807) is 0 Å². The standard InChI is InChI=1S/C6H6O2.2Na.H2O3S/c7-5-1-2-6(8)4-3-5;;;1-4(2)3/h1-4,7-8H;;;(H2,1,2,3)/q;2*+1;/p-2. The maximum absolute atomic E-state index is 8.65. The van der Waals surface area contributed by atoms with Crippen molar-refractivity contribution in [2.75, 3.05) is 0 Å². The van der Waals surface area contributed by atoms with E-state index in [4.69, 9.17) is 23.5 Å². The van der Waals surface area contributed by atoms with Crippen molar-refractivity contribution in [1.82, 2.24) is 0 Å². The van der Waals surface area contributed by atoms with E-state index in [0.717, 1.165) is 0 Å². The van der Waals surface area contributed by atoms with Gasteiger partial charge in [0.15, 0.2) is 0 Å². The van der Waals surface area contributed by atoms with Crippen molar-refractivity contribution in [1.29, 1.82) is 0 Å². The van der Waals surface area contributed by atoms with E-state index in [1.807, 2.05) is 0 Å². The van der Waals surface area contributed by atoms with Crippen LogP contribution in [0.25, 0.3) is 0 Å². The molecule has 0 fully saturated rings.